The van der Waals surface area contributed by atoms with Crippen LogP contribution in [-0.4, -0.2) is 74.1 Å². The third-order valence-electron chi connectivity index (χ3n) is 6.44. The highest BCUT2D eigenvalue weighted by Crippen LogP contribution is 2.42. The van der Waals surface area contributed by atoms with Crippen molar-refractivity contribution in [2.75, 3.05) is 47.5 Å². The van der Waals surface area contributed by atoms with Crippen molar-refractivity contribution >= 4 is 17.4 Å². The summed E-state index contributed by atoms with van der Waals surface area (Å²) < 4.78 is 17.2. The van der Waals surface area contributed by atoms with Crippen LogP contribution in [0.3, 0.4) is 0 Å². The number of likely N-dealkylation sites (N-methyl/N-ethyl adjacent to an activating group) is 1. The molecule has 0 radical (unpaired) electrons. The first-order chi connectivity index (χ1) is 18.3. The highest BCUT2D eigenvalue weighted by Gasteiger charge is 2.46. The van der Waals surface area contributed by atoms with E-state index in [0.717, 1.165) is 25.7 Å². The molecule has 1 fully saturated rings. The molecule has 1 N–H and O–H groups in total. The number of carbonyl (C=O) groups excluding carboxylic acids is 2. The zero-order valence-corrected chi connectivity index (χ0v) is 23.2. The predicted molar refractivity (Wildman–Crippen MR) is 148 cm³/mol. The molecule has 8 heteroatoms. The lowest BCUT2D eigenvalue weighted by Gasteiger charge is -2.27. The maximum absolute atomic E-state index is 13.3. The van der Waals surface area contributed by atoms with E-state index in [1.807, 2.05) is 32.0 Å². The van der Waals surface area contributed by atoms with Gasteiger partial charge in [-0.1, -0.05) is 32.8 Å². The maximum atomic E-state index is 13.3. The Morgan fingerprint density at radius 3 is 2.32 bits per heavy atom. The molecule has 1 heterocycles. The normalized spacial score (nSPS) is 16.8. The molecule has 38 heavy (non-hydrogen) atoms. The first-order valence-corrected chi connectivity index (χ1v) is 13.3. The van der Waals surface area contributed by atoms with Crippen LogP contribution in [0.15, 0.2) is 48.0 Å². The van der Waals surface area contributed by atoms with Gasteiger partial charge in [-0.15, -0.1) is 0 Å². The molecule has 2 aromatic carbocycles. The number of aliphatic hydroxyl groups excluding tert-OH is 1. The number of carbonyl (C=O) groups is 2. The van der Waals surface area contributed by atoms with E-state index in [9.17, 15) is 14.7 Å². The lowest BCUT2D eigenvalue weighted by molar-refractivity contribution is -0.140. The van der Waals surface area contributed by atoms with Gasteiger partial charge >= 0.3 is 0 Å². The second kappa shape index (κ2) is 13.9. The van der Waals surface area contributed by atoms with Gasteiger partial charge in [0.25, 0.3) is 11.7 Å². The van der Waals surface area contributed by atoms with Gasteiger partial charge in [0.1, 0.15) is 11.5 Å². The number of hydrogen-bond acceptors (Lipinski definition) is 7. The molecule has 1 unspecified atom stereocenters. The van der Waals surface area contributed by atoms with E-state index in [1.165, 1.54) is 4.90 Å². The molecule has 0 aliphatic carbocycles. The summed E-state index contributed by atoms with van der Waals surface area (Å²) in [6.07, 6.45) is 3.99. The molecule has 8 nitrogen and oxygen atoms in total. The van der Waals surface area contributed by atoms with Crippen molar-refractivity contribution in [3.8, 4) is 17.2 Å². The summed E-state index contributed by atoms with van der Waals surface area (Å²) in [4.78, 5) is 29.9. The van der Waals surface area contributed by atoms with E-state index in [4.69, 9.17) is 14.2 Å². The Morgan fingerprint density at radius 2 is 1.68 bits per heavy atom. The lowest BCUT2D eigenvalue weighted by Crippen LogP contribution is -2.35. The first kappa shape index (κ1) is 29.0. The molecule has 206 valence electrons. The average Bonchev–Trinajstić information content (AvgIpc) is 3.17. The van der Waals surface area contributed by atoms with Crippen LogP contribution in [0.2, 0.25) is 0 Å². The van der Waals surface area contributed by atoms with Crippen LogP contribution >= 0.6 is 0 Å². The van der Waals surface area contributed by atoms with Crippen molar-refractivity contribution < 1.29 is 28.9 Å². The average molecular weight is 525 g/mol. The third kappa shape index (κ3) is 6.86. The second-order valence-electron chi connectivity index (χ2n) is 9.63. The van der Waals surface area contributed by atoms with Gasteiger partial charge in [-0.05, 0) is 68.9 Å². The number of rotatable bonds is 14. The van der Waals surface area contributed by atoms with Gasteiger partial charge in [-0.2, -0.15) is 0 Å². The zero-order chi connectivity index (χ0) is 27.7. The molecule has 2 aromatic rings. The van der Waals surface area contributed by atoms with Gasteiger partial charge in [0.15, 0.2) is 11.5 Å². The third-order valence-corrected chi connectivity index (χ3v) is 6.44. The second-order valence-corrected chi connectivity index (χ2v) is 9.63. The fourth-order valence-corrected chi connectivity index (χ4v) is 4.36. The van der Waals surface area contributed by atoms with Crippen molar-refractivity contribution in [3.05, 3.63) is 59.2 Å². The quantitative estimate of drug-likeness (QED) is 0.160. The Balaban J connectivity index is 2.03. The number of nitrogens with zero attached hydrogens (tertiary/aromatic N) is 2. The Kier molecular flexibility index (Phi) is 10.6. The minimum Gasteiger partial charge on any atom is -0.507 e. The molecule has 0 bridgehead atoms. The van der Waals surface area contributed by atoms with Gasteiger partial charge < -0.3 is 29.1 Å². The number of benzene rings is 2. The Morgan fingerprint density at radius 1 is 0.947 bits per heavy atom. The molecule has 3 rings (SSSR count). The SMILES string of the molecule is CCCCCOc1ccc(C2C(=C(O)c3ccc(OCCC)cc3)C(=O)C(=O)N2CCN(C)C)cc1OC. The van der Waals surface area contributed by atoms with Crippen LogP contribution in [0.5, 0.6) is 17.2 Å². The number of ether oxygens (including phenoxy) is 3. The fourth-order valence-electron chi connectivity index (χ4n) is 4.36. The van der Waals surface area contributed by atoms with E-state index in [1.54, 1.807) is 43.5 Å². The smallest absolute Gasteiger partial charge is 0.295 e. The molecule has 1 amide bonds. The molecule has 1 aliphatic rings. The van der Waals surface area contributed by atoms with E-state index >= 15 is 0 Å². The number of aliphatic hydroxyl groups is 1. The molecule has 0 aromatic heterocycles. The van der Waals surface area contributed by atoms with Gasteiger partial charge in [0.05, 0.1) is 31.9 Å². The predicted octanol–water partition coefficient (Wildman–Crippen LogP) is 5.04. The van der Waals surface area contributed by atoms with Crippen molar-refractivity contribution in [1.29, 1.82) is 0 Å². The van der Waals surface area contributed by atoms with Gasteiger partial charge in [0, 0.05) is 18.7 Å². The molecule has 0 saturated carbocycles. The molecule has 1 atom stereocenters. The van der Waals surface area contributed by atoms with Crippen molar-refractivity contribution in [2.45, 2.75) is 45.6 Å². The molecule has 1 saturated heterocycles. The number of methoxy groups -OCH3 is 1. The monoisotopic (exact) mass is 524 g/mol. The maximum Gasteiger partial charge on any atom is 0.295 e. The van der Waals surface area contributed by atoms with Crippen LogP contribution in [0.1, 0.15) is 56.7 Å². The van der Waals surface area contributed by atoms with Crippen molar-refractivity contribution in [3.63, 3.8) is 0 Å². The van der Waals surface area contributed by atoms with Crippen LogP contribution in [0, 0.1) is 0 Å². The zero-order valence-electron chi connectivity index (χ0n) is 23.2. The Labute approximate surface area is 225 Å². The molecular weight excluding hydrogens is 484 g/mol. The first-order valence-electron chi connectivity index (χ1n) is 13.3. The topological polar surface area (TPSA) is 88.5 Å². The number of unbranched alkanes of at least 4 members (excludes halogenated alkanes) is 2. The van der Waals surface area contributed by atoms with Crippen LogP contribution in [-0.2, 0) is 9.59 Å². The van der Waals surface area contributed by atoms with E-state index in [0.29, 0.717) is 54.7 Å². The summed E-state index contributed by atoms with van der Waals surface area (Å²) in [5, 5.41) is 11.3. The number of amides is 1. The number of Topliss-reactive ketones (excluding diaryl/α,β-unsaturated/α-hetero) is 1. The van der Waals surface area contributed by atoms with Crippen LogP contribution in [0.25, 0.3) is 5.76 Å². The van der Waals surface area contributed by atoms with Gasteiger partial charge in [-0.3, -0.25) is 9.59 Å². The van der Waals surface area contributed by atoms with Crippen LogP contribution < -0.4 is 14.2 Å². The number of likely N-dealkylation sites (tertiary alicyclic amines) is 1. The molecular formula is C30H40N2O6. The van der Waals surface area contributed by atoms with Crippen molar-refractivity contribution in [1.82, 2.24) is 9.80 Å². The highest BCUT2D eigenvalue weighted by atomic mass is 16.5. The van der Waals surface area contributed by atoms with Crippen molar-refractivity contribution in [2.24, 2.45) is 0 Å². The standard InChI is InChI=1S/C30H40N2O6/c1-6-8-9-19-38-24-15-12-22(20-25(24)36-5)27-26(29(34)30(35)32(27)17-16-31(3)4)28(33)21-10-13-23(14-11-21)37-18-7-2/h10-15,20,27,33H,6-9,16-19H2,1-5H3. The summed E-state index contributed by atoms with van der Waals surface area (Å²) in [6.45, 7) is 6.20. The number of ketones is 1. The van der Waals surface area contributed by atoms with E-state index in [2.05, 4.69) is 6.92 Å². The summed E-state index contributed by atoms with van der Waals surface area (Å²) in [6, 6.07) is 11.5. The molecule has 0 spiro atoms. The molecule has 1 aliphatic heterocycles. The largest absolute Gasteiger partial charge is 0.507 e. The number of hydrogen-bond donors (Lipinski definition) is 1. The summed E-state index contributed by atoms with van der Waals surface area (Å²) in [7, 11) is 5.37. The summed E-state index contributed by atoms with van der Waals surface area (Å²) in [5.41, 5.74) is 1.15. The van der Waals surface area contributed by atoms with E-state index in [-0.39, 0.29) is 11.3 Å². The highest BCUT2D eigenvalue weighted by molar-refractivity contribution is 6.46. The Bertz CT molecular complexity index is 1130. The van der Waals surface area contributed by atoms with Gasteiger partial charge in [-0.25, -0.2) is 0 Å². The fraction of sp³-hybridized carbons (Fsp3) is 0.467. The minimum atomic E-state index is -0.769. The van der Waals surface area contributed by atoms with Gasteiger partial charge in [0.2, 0.25) is 0 Å². The lowest BCUT2D eigenvalue weighted by atomic mass is 9.95. The summed E-state index contributed by atoms with van der Waals surface area (Å²) in [5.74, 6) is 0.207. The van der Waals surface area contributed by atoms with E-state index < -0.39 is 17.7 Å². The van der Waals surface area contributed by atoms with Crippen LogP contribution in [0.4, 0.5) is 0 Å². The minimum absolute atomic E-state index is 0.0506. The summed E-state index contributed by atoms with van der Waals surface area (Å²) >= 11 is 0. The Hall–Kier alpha value is -3.52.